The fourth-order valence-corrected chi connectivity index (χ4v) is 1.65. The molecule has 13 heavy (non-hydrogen) atoms. The van der Waals surface area contributed by atoms with E-state index in [4.69, 9.17) is 0 Å². The molecule has 0 saturated heterocycles. The van der Waals surface area contributed by atoms with Gasteiger partial charge in [-0.05, 0) is 12.5 Å². The van der Waals surface area contributed by atoms with E-state index in [1.54, 1.807) is 19.1 Å². The summed E-state index contributed by atoms with van der Waals surface area (Å²) in [5.74, 6) is -0.323. The van der Waals surface area contributed by atoms with Crippen LogP contribution in [0.15, 0.2) is 24.3 Å². The van der Waals surface area contributed by atoms with E-state index >= 15 is 0 Å². The van der Waals surface area contributed by atoms with Crippen LogP contribution in [0.4, 0.5) is 5.69 Å². The van der Waals surface area contributed by atoms with E-state index in [1.807, 2.05) is 12.1 Å². The standard InChI is InChI=1S/C10H11NO2/c1-2-10(13)7-5-3-4-6-8(7)11-9(10)12/h3-6,13H,2H2,1H3,(H,11,12)/t10-/m1/s1. The van der Waals surface area contributed by atoms with Crippen molar-refractivity contribution in [2.75, 3.05) is 5.32 Å². The van der Waals surface area contributed by atoms with Crippen LogP contribution in [0.2, 0.25) is 0 Å². The van der Waals surface area contributed by atoms with Crippen molar-refractivity contribution in [3.8, 4) is 0 Å². The van der Waals surface area contributed by atoms with Gasteiger partial charge in [0.25, 0.3) is 5.91 Å². The van der Waals surface area contributed by atoms with Crippen molar-refractivity contribution in [2.24, 2.45) is 0 Å². The molecule has 0 radical (unpaired) electrons. The number of aliphatic hydroxyl groups is 1. The highest BCUT2D eigenvalue weighted by atomic mass is 16.3. The Kier molecular flexibility index (Phi) is 1.63. The van der Waals surface area contributed by atoms with E-state index in [-0.39, 0.29) is 5.91 Å². The molecule has 0 spiro atoms. The van der Waals surface area contributed by atoms with Crippen molar-refractivity contribution in [1.29, 1.82) is 0 Å². The summed E-state index contributed by atoms with van der Waals surface area (Å²) in [6.45, 7) is 1.79. The predicted molar refractivity (Wildman–Crippen MR) is 49.3 cm³/mol. The Morgan fingerprint density at radius 2 is 2.15 bits per heavy atom. The minimum Gasteiger partial charge on any atom is -0.375 e. The zero-order valence-electron chi connectivity index (χ0n) is 7.37. The fourth-order valence-electron chi connectivity index (χ4n) is 1.65. The summed E-state index contributed by atoms with van der Waals surface area (Å²) in [7, 11) is 0. The first-order valence-corrected chi connectivity index (χ1v) is 4.32. The number of benzene rings is 1. The molecule has 0 aromatic heterocycles. The monoisotopic (exact) mass is 177 g/mol. The van der Waals surface area contributed by atoms with Gasteiger partial charge in [0.2, 0.25) is 0 Å². The molecule has 2 N–H and O–H groups in total. The van der Waals surface area contributed by atoms with Crippen LogP contribution in [0.25, 0.3) is 0 Å². The van der Waals surface area contributed by atoms with Crippen LogP contribution >= 0.6 is 0 Å². The number of hydrogen-bond donors (Lipinski definition) is 2. The maximum Gasteiger partial charge on any atom is 0.261 e. The Labute approximate surface area is 76.4 Å². The van der Waals surface area contributed by atoms with E-state index in [2.05, 4.69) is 5.32 Å². The Morgan fingerprint density at radius 1 is 1.46 bits per heavy atom. The molecule has 1 aromatic rings. The van der Waals surface area contributed by atoms with E-state index < -0.39 is 5.60 Å². The summed E-state index contributed by atoms with van der Waals surface area (Å²) in [6, 6.07) is 7.22. The summed E-state index contributed by atoms with van der Waals surface area (Å²) < 4.78 is 0. The van der Waals surface area contributed by atoms with E-state index in [1.165, 1.54) is 0 Å². The lowest BCUT2D eigenvalue weighted by Crippen LogP contribution is -2.33. The molecule has 1 aliphatic heterocycles. The molecule has 1 aliphatic rings. The van der Waals surface area contributed by atoms with Gasteiger partial charge in [0, 0.05) is 11.3 Å². The van der Waals surface area contributed by atoms with Crippen molar-refractivity contribution in [3.63, 3.8) is 0 Å². The van der Waals surface area contributed by atoms with E-state index in [9.17, 15) is 9.90 Å². The van der Waals surface area contributed by atoms with Gasteiger partial charge in [-0.2, -0.15) is 0 Å². The molecule has 0 bridgehead atoms. The third-order valence-corrected chi connectivity index (χ3v) is 2.51. The van der Waals surface area contributed by atoms with Gasteiger partial charge >= 0.3 is 0 Å². The number of para-hydroxylation sites is 1. The average molecular weight is 177 g/mol. The molecular formula is C10H11NO2. The van der Waals surface area contributed by atoms with Gasteiger partial charge in [-0.1, -0.05) is 25.1 Å². The third-order valence-electron chi connectivity index (χ3n) is 2.51. The molecule has 1 amide bonds. The summed E-state index contributed by atoms with van der Waals surface area (Å²) in [6.07, 6.45) is 0.399. The van der Waals surface area contributed by atoms with Crippen molar-refractivity contribution >= 4 is 11.6 Å². The number of carbonyl (C=O) groups is 1. The average Bonchev–Trinajstić information content (AvgIpc) is 2.41. The van der Waals surface area contributed by atoms with Crippen LogP contribution in [-0.2, 0) is 10.4 Å². The lowest BCUT2D eigenvalue weighted by molar-refractivity contribution is -0.133. The van der Waals surface area contributed by atoms with Gasteiger partial charge < -0.3 is 10.4 Å². The van der Waals surface area contributed by atoms with Crippen LogP contribution in [-0.4, -0.2) is 11.0 Å². The lowest BCUT2D eigenvalue weighted by atomic mass is 9.93. The van der Waals surface area contributed by atoms with E-state index in [0.717, 1.165) is 5.69 Å². The van der Waals surface area contributed by atoms with Crippen LogP contribution in [0.3, 0.4) is 0 Å². The number of carbonyl (C=O) groups excluding carboxylic acids is 1. The number of nitrogens with one attached hydrogen (secondary N) is 1. The van der Waals surface area contributed by atoms with Gasteiger partial charge in [-0.15, -0.1) is 0 Å². The summed E-state index contributed by atoms with van der Waals surface area (Å²) in [4.78, 5) is 11.4. The second kappa shape index (κ2) is 2.57. The Balaban J connectivity index is 2.59. The normalized spacial score (nSPS) is 25.5. The summed E-state index contributed by atoms with van der Waals surface area (Å²) >= 11 is 0. The highest BCUT2D eigenvalue weighted by Crippen LogP contribution is 2.37. The predicted octanol–water partition coefficient (Wildman–Crippen LogP) is 1.24. The highest BCUT2D eigenvalue weighted by Gasteiger charge is 2.43. The second-order valence-electron chi connectivity index (χ2n) is 3.21. The van der Waals surface area contributed by atoms with Crippen LogP contribution in [0.1, 0.15) is 18.9 Å². The van der Waals surface area contributed by atoms with Crippen LogP contribution < -0.4 is 5.32 Å². The zero-order valence-corrected chi connectivity index (χ0v) is 7.37. The highest BCUT2D eigenvalue weighted by molar-refractivity contribution is 6.04. The van der Waals surface area contributed by atoms with Crippen LogP contribution in [0, 0.1) is 0 Å². The number of amides is 1. The van der Waals surface area contributed by atoms with Crippen molar-refractivity contribution in [3.05, 3.63) is 29.8 Å². The fraction of sp³-hybridized carbons (Fsp3) is 0.300. The largest absolute Gasteiger partial charge is 0.375 e. The molecular weight excluding hydrogens is 166 g/mol. The molecule has 0 unspecified atom stereocenters. The quantitative estimate of drug-likeness (QED) is 0.678. The maximum atomic E-state index is 11.4. The molecule has 0 aliphatic carbocycles. The Bertz CT molecular complexity index is 362. The van der Waals surface area contributed by atoms with Gasteiger partial charge in [-0.25, -0.2) is 0 Å². The smallest absolute Gasteiger partial charge is 0.261 e. The third kappa shape index (κ3) is 0.971. The Morgan fingerprint density at radius 3 is 2.85 bits per heavy atom. The SMILES string of the molecule is CC[C@]1(O)C(=O)Nc2ccccc21. The second-order valence-corrected chi connectivity index (χ2v) is 3.21. The van der Waals surface area contributed by atoms with Gasteiger partial charge in [0.15, 0.2) is 5.60 Å². The van der Waals surface area contributed by atoms with Gasteiger partial charge in [0.05, 0.1) is 0 Å². The molecule has 0 fully saturated rings. The minimum atomic E-state index is -1.32. The molecule has 0 saturated carbocycles. The molecule has 3 heteroatoms. The van der Waals surface area contributed by atoms with Crippen molar-refractivity contribution < 1.29 is 9.90 Å². The van der Waals surface area contributed by atoms with Crippen molar-refractivity contribution in [1.82, 2.24) is 0 Å². The summed E-state index contributed by atoms with van der Waals surface area (Å²) in [5.41, 5.74) is 0.0794. The summed E-state index contributed by atoms with van der Waals surface area (Å²) in [5, 5.41) is 12.7. The van der Waals surface area contributed by atoms with Gasteiger partial charge in [0.1, 0.15) is 0 Å². The topological polar surface area (TPSA) is 49.3 Å². The first-order valence-electron chi connectivity index (χ1n) is 4.32. The number of fused-ring (bicyclic) bond motifs is 1. The number of hydrogen-bond acceptors (Lipinski definition) is 2. The molecule has 1 aromatic carbocycles. The number of anilines is 1. The lowest BCUT2D eigenvalue weighted by Gasteiger charge is -2.17. The molecule has 68 valence electrons. The van der Waals surface area contributed by atoms with Crippen molar-refractivity contribution in [2.45, 2.75) is 18.9 Å². The zero-order chi connectivity index (χ0) is 9.47. The van der Waals surface area contributed by atoms with E-state index in [0.29, 0.717) is 12.0 Å². The molecule has 3 nitrogen and oxygen atoms in total. The first kappa shape index (κ1) is 8.26. The maximum absolute atomic E-state index is 11.4. The molecule has 1 atom stereocenters. The number of rotatable bonds is 1. The van der Waals surface area contributed by atoms with Crippen LogP contribution in [0.5, 0.6) is 0 Å². The van der Waals surface area contributed by atoms with Gasteiger partial charge in [-0.3, -0.25) is 4.79 Å². The molecule has 2 rings (SSSR count). The Hall–Kier alpha value is -1.35. The first-order chi connectivity index (χ1) is 6.18. The molecule has 1 heterocycles. The minimum absolute atomic E-state index is 0.323.